The van der Waals surface area contributed by atoms with E-state index in [9.17, 15) is 0 Å². The lowest BCUT2D eigenvalue weighted by atomic mass is 10.1. The predicted octanol–water partition coefficient (Wildman–Crippen LogP) is 3.07. The third-order valence-electron chi connectivity index (χ3n) is 2.93. The molecule has 0 aliphatic carbocycles. The topological polar surface area (TPSA) is 29.3 Å². The first-order valence-corrected chi connectivity index (χ1v) is 6.09. The fraction of sp³-hybridized carbons (Fsp3) is 0.538. The molecule has 2 nitrogen and oxygen atoms in total. The van der Waals surface area contributed by atoms with Crippen molar-refractivity contribution in [1.82, 2.24) is 4.90 Å². The van der Waals surface area contributed by atoms with Crippen LogP contribution >= 0.6 is 11.6 Å². The molecule has 1 aromatic rings. The second-order valence-electron chi connectivity index (χ2n) is 4.48. The highest BCUT2D eigenvalue weighted by Gasteiger charge is 2.11. The average Bonchev–Trinajstić information content (AvgIpc) is 2.24. The highest BCUT2D eigenvalue weighted by molar-refractivity contribution is 6.30. The molecular formula is C13H21ClN2. The molecule has 0 aliphatic heterocycles. The van der Waals surface area contributed by atoms with Crippen LogP contribution in [-0.2, 0) is 0 Å². The Labute approximate surface area is 103 Å². The first-order valence-electron chi connectivity index (χ1n) is 5.72. The van der Waals surface area contributed by atoms with E-state index >= 15 is 0 Å². The number of nitrogens with zero attached hydrogens (tertiary/aromatic N) is 1. The molecular weight excluding hydrogens is 220 g/mol. The molecule has 16 heavy (non-hydrogen) atoms. The number of benzene rings is 1. The second kappa shape index (κ2) is 6.24. The smallest absolute Gasteiger partial charge is 0.0409 e. The first-order chi connectivity index (χ1) is 7.50. The van der Waals surface area contributed by atoms with Gasteiger partial charge in [0.25, 0.3) is 0 Å². The van der Waals surface area contributed by atoms with Crippen molar-refractivity contribution in [2.24, 2.45) is 5.73 Å². The lowest BCUT2D eigenvalue weighted by Crippen LogP contribution is -2.28. The van der Waals surface area contributed by atoms with Gasteiger partial charge in [-0.3, -0.25) is 4.90 Å². The normalized spacial score (nSPS) is 15.1. The van der Waals surface area contributed by atoms with Gasteiger partial charge in [0.05, 0.1) is 0 Å². The largest absolute Gasteiger partial charge is 0.328 e. The molecule has 0 aromatic heterocycles. The standard InChI is InChI=1S/C13H21ClN2/c1-10(15)7-8-16(3)11(2)12-5-4-6-13(14)9-12/h4-6,9-11H,7-8,15H2,1-3H3. The minimum absolute atomic E-state index is 0.258. The number of hydrogen-bond acceptors (Lipinski definition) is 2. The van der Waals surface area contributed by atoms with E-state index in [1.165, 1.54) is 5.56 Å². The van der Waals surface area contributed by atoms with Crippen LogP contribution in [0, 0.1) is 0 Å². The quantitative estimate of drug-likeness (QED) is 0.857. The minimum Gasteiger partial charge on any atom is -0.328 e. The maximum absolute atomic E-state index is 5.98. The second-order valence-corrected chi connectivity index (χ2v) is 4.91. The summed E-state index contributed by atoms with van der Waals surface area (Å²) in [6.07, 6.45) is 1.02. The molecule has 0 saturated carbocycles. The fourth-order valence-electron chi connectivity index (χ4n) is 1.62. The van der Waals surface area contributed by atoms with Gasteiger partial charge in [-0.25, -0.2) is 0 Å². The third-order valence-corrected chi connectivity index (χ3v) is 3.16. The number of hydrogen-bond donors (Lipinski definition) is 1. The van der Waals surface area contributed by atoms with Crippen molar-refractivity contribution in [2.75, 3.05) is 13.6 Å². The van der Waals surface area contributed by atoms with Gasteiger partial charge >= 0.3 is 0 Å². The minimum atomic E-state index is 0.258. The lowest BCUT2D eigenvalue weighted by Gasteiger charge is -2.25. The summed E-state index contributed by atoms with van der Waals surface area (Å²) in [5.74, 6) is 0. The van der Waals surface area contributed by atoms with Gasteiger partial charge in [-0.2, -0.15) is 0 Å². The third kappa shape index (κ3) is 4.12. The van der Waals surface area contributed by atoms with E-state index < -0.39 is 0 Å². The number of nitrogens with two attached hydrogens (primary N) is 1. The monoisotopic (exact) mass is 240 g/mol. The van der Waals surface area contributed by atoms with Gasteiger partial charge in [0, 0.05) is 17.1 Å². The lowest BCUT2D eigenvalue weighted by molar-refractivity contribution is 0.253. The van der Waals surface area contributed by atoms with Crippen LogP contribution in [0.5, 0.6) is 0 Å². The maximum atomic E-state index is 5.98. The Morgan fingerprint density at radius 2 is 2.06 bits per heavy atom. The van der Waals surface area contributed by atoms with E-state index in [0.717, 1.165) is 18.0 Å². The summed E-state index contributed by atoms with van der Waals surface area (Å²) in [6.45, 7) is 5.23. The molecule has 1 rings (SSSR count). The van der Waals surface area contributed by atoms with Gasteiger partial charge in [0.15, 0.2) is 0 Å². The van der Waals surface area contributed by atoms with E-state index in [1.807, 2.05) is 25.1 Å². The first kappa shape index (κ1) is 13.5. The van der Waals surface area contributed by atoms with Crippen molar-refractivity contribution in [2.45, 2.75) is 32.4 Å². The van der Waals surface area contributed by atoms with Gasteiger partial charge in [-0.05, 0) is 51.6 Å². The highest BCUT2D eigenvalue weighted by atomic mass is 35.5. The number of rotatable bonds is 5. The molecule has 1 aromatic carbocycles. The van der Waals surface area contributed by atoms with Crippen LogP contribution in [0.15, 0.2) is 24.3 Å². The molecule has 0 spiro atoms. The van der Waals surface area contributed by atoms with E-state index in [0.29, 0.717) is 6.04 Å². The zero-order valence-electron chi connectivity index (χ0n) is 10.3. The van der Waals surface area contributed by atoms with E-state index in [4.69, 9.17) is 17.3 Å². The van der Waals surface area contributed by atoms with Crippen molar-refractivity contribution in [1.29, 1.82) is 0 Å². The van der Waals surface area contributed by atoms with Crippen LogP contribution in [0.3, 0.4) is 0 Å². The Kier molecular flexibility index (Phi) is 5.26. The summed E-state index contributed by atoms with van der Waals surface area (Å²) in [6, 6.07) is 8.66. The summed E-state index contributed by atoms with van der Waals surface area (Å²) in [4.78, 5) is 2.30. The van der Waals surface area contributed by atoms with Gasteiger partial charge in [-0.15, -0.1) is 0 Å². The van der Waals surface area contributed by atoms with E-state index in [2.05, 4.69) is 24.9 Å². The summed E-state index contributed by atoms with van der Waals surface area (Å²) < 4.78 is 0. The molecule has 3 heteroatoms. The average molecular weight is 241 g/mol. The molecule has 0 amide bonds. The molecule has 90 valence electrons. The van der Waals surface area contributed by atoms with E-state index in [-0.39, 0.29) is 6.04 Å². The molecule has 0 heterocycles. The SMILES string of the molecule is CC(N)CCN(C)C(C)c1cccc(Cl)c1. The van der Waals surface area contributed by atoms with Crippen LogP contribution in [0.4, 0.5) is 0 Å². The predicted molar refractivity (Wildman–Crippen MR) is 70.8 cm³/mol. The summed E-state index contributed by atoms with van der Waals surface area (Å²) in [5.41, 5.74) is 7.01. The fourth-order valence-corrected chi connectivity index (χ4v) is 1.82. The molecule has 2 atom stereocenters. The van der Waals surface area contributed by atoms with Gasteiger partial charge in [0.1, 0.15) is 0 Å². The Balaban J connectivity index is 2.59. The van der Waals surface area contributed by atoms with Crippen molar-refractivity contribution in [3.63, 3.8) is 0 Å². The molecule has 2 unspecified atom stereocenters. The highest BCUT2D eigenvalue weighted by Crippen LogP contribution is 2.21. The summed E-state index contributed by atoms with van der Waals surface area (Å²) in [5, 5.41) is 0.796. The van der Waals surface area contributed by atoms with Crippen LogP contribution in [0.25, 0.3) is 0 Å². The Bertz CT molecular complexity index is 325. The van der Waals surface area contributed by atoms with Crippen molar-refractivity contribution < 1.29 is 0 Å². The van der Waals surface area contributed by atoms with Crippen molar-refractivity contribution >= 4 is 11.6 Å². The van der Waals surface area contributed by atoms with Crippen molar-refractivity contribution in [3.05, 3.63) is 34.9 Å². The van der Waals surface area contributed by atoms with Crippen LogP contribution in [0.1, 0.15) is 31.9 Å². The van der Waals surface area contributed by atoms with Gasteiger partial charge < -0.3 is 5.73 Å². The molecule has 0 fully saturated rings. The molecule has 0 bridgehead atoms. The van der Waals surface area contributed by atoms with Crippen molar-refractivity contribution in [3.8, 4) is 0 Å². The Morgan fingerprint density at radius 1 is 1.38 bits per heavy atom. The molecule has 0 aliphatic rings. The van der Waals surface area contributed by atoms with Gasteiger partial charge in [-0.1, -0.05) is 23.7 Å². The van der Waals surface area contributed by atoms with E-state index in [1.54, 1.807) is 0 Å². The zero-order valence-corrected chi connectivity index (χ0v) is 11.0. The summed E-state index contributed by atoms with van der Waals surface area (Å²) in [7, 11) is 2.12. The van der Waals surface area contributed by atoms with Crippen LogP contribution in [0.2, 0.25) is 5.02 Å². The molecule has 2 N–H and O–H groups in total. The Morgan fingerprint density at radius 3 is 2.62 bits per heavy atom. The van der Waals surface area contributed by atoms with Crippen LogP contribution in [-0.4, -0.2) is 24.5 Å². The number of halogens is 1. The molecule has 0 radical (unpaired) electrons. The van der Waals surface area contributed by atoms with Gasteiger partial charge in [0.2, 0.25) is 0 Å². The van der Waals surface area contributed by atoms with Crippen LogP contribution < -0.4 is 5.73 Å². The molecule has 0 saturated heterocycles. The zero-order chi connectivity index (χ0) is 12.1. The Hall–Kier alpha value is -0.570. The maximum Gasteiger partial charge on any atom is 0.0409 e. The summed E-state index contributed by atoms with van der Waals surface area (Å²) >= 11 is 5.98.